The van der Waals surface area contributed by atoms with Crippen molar-refractivity contribution in [3.05, 3.63) is 66.4 Å². The number of carbonyl (C=O) groups excluding carboxylic acids is 2. The third kappa shape index (κ3) is 4.23. The first-order valence-electron chi connectivity index (χ1n) is 10.5. The monoisotopic (exact) mass is 423 g/mol. The van der Waals surface area contributed by atoms with Gasteiger partial charge in [-0.3, -0.25) is 9.59 Å². The highest BCUT2D eigenvalue weighted by Gasteiger charge is 2.27. The van der Waals surface area contributed by atoms with Gasteiger partial charge in [0.15, 0.2) is 5.82 Å². The fourth-order valence-electron chi connectivity index (χ4n) is 3.90. The van der Waals surface area contributed by atoms with E-state index in [-0.39, 0.29) is 29.5 Å². The van der Waals surface area contributed by atoms with Crippen molar-refractivity contribution >= 4 is 11.8 Å². The van der Waals surface area contributed by atoms with Gasteiger partial charge in [-0.05, 0) is 37.1 Å². The highest BCUT2D eigenvalue weighted by molar-refractivity contribution is 5.97. The molecule has 1 aliphatic rings. The summed E-state index contributed by atoms with van der Waals surface area (Å²) in [5.41, 5.74) is 0.630. The van der Waals surface area contributed by atoms with Crippen molar-refractivity contribution in [3.63, 3.8) is 0 Å². The lowest BCUT2D eigenvalue weighted by atomic mass is 10.0. The van der Waals surface area contributed by atoms with Crippen LogP contribution in [0.15, 0.2) is 55.0 Å². The molecule has 3 aromatic rings. The van der Waals surface area contributed by atoms with Gasteiger partial charge in [-0.1, -0.05) is 26.0 Å². The number of para-hydroxylation sites is 1. The smallest absolute Gasteiger partial charge is 0.256 e. The summed E-state index contributed by atoms with van der Waals surface area (Å²) in [6, 6.07) is 9.97. The van der Waals surface area contributed by atoms with E-state index in [0.717, 1.165) is 0 Å². The Hall–Kier alpha value is -3.42. The fourth-order valence-corrected chi connectivity index (χ4v) is 3.90. The predicted molar refractivity (Wildman–Crippen MR) is 115 cm³/mol. The Morgan fingerprint density at radius 3 is 2.42 bits per heavy atom. The summed E-state index contributed by atoms with van der Waals surface area (Å²) in [6.45, 7) is 5.04. The van der Waals surface area contributed by atoms with Crippen LogP contribution in [-0.2, 0) is 4.79 Å². The number of rotatable bonds is 5. The van der Waals surface area contributed by atoms with Crippen LogP contribution >= 0.6 is 0 Å². The van der Waals surface area contributed by atoms with E-state index >= 15 is 0 Å². The number of hydrogen-bond acceptors (Lipinski definition) is 3. The molecule has 31 heavy (non-hydrogen) atoms. The van der Waals surface area contributed by atoms with E-state index in [9.17, 15) is 14.0 Å². The molecule has 1 saturated heterocycles. The van der Waals surface area contributed by atoms with E-state index in [1.807, 2.05) is 30.9 Å². The number of halogens is 1. The first-order valence-corrected chi connectivity index (χ1v) is 10.5. The first kappa shape index (κ1) is 20.8. The maximum atomic E-state index is 14.4. The van der Waals surface area contributed by atoms with Crippen LogP contribution in [0.5, 0.6) is 0 Å². The number of likely N-dealkylation sites (tertiary alicyclic amines) is 1. The molecule has 3 heterocycles. The molecule has 2 aromatic heterocycles. The Labute approximate surface area is 180 Å². The van der Waals surface area contributed by atoms with E-state index in [4.69, 9.17) is 0 Å². The Morgan fingerprint density at radius 2 is 1.77 bits per heavy atom. The largest absolute Gasteiger partial charge is 0.349 e. The SMILES string of the molecule is CC(C)C(=O)N1CCC(NC(=O)c2cnn(-c3ccccc3F)c2-n2cccc2)CC1. The molecular weight excluding hydrogens is 397 g/mol. The van der Waals surface area contributed by atoms with Gasteiger partial charge in [-0.15, -0.1) is 0 Å². The van der Waals surface area contributed by atoms with E-state index < -0.39 is 5.82 Å². The third-order valence-corrected chi connectivity index (χ3v) is 5.55. The zero-order valence-electron chi connectivity index (χ0n) is 17.7. The van der Waals surface area contributed by atoms with Gasteiger partial charge >= 0.3 is 0 Å². The molecule has 0 unspecified atom stereocenters. The molecule has 7 nitrogen and oxygen atoms in total. The molecular formula is C23H26FN5O2. The summed E-state index contributed by atoms with van der Waals surface area (Å²) >= 11 is 0. The normalized spacial score (nSPS) is 14.8. The molecule has 162 valence electrons. The van der Waals surface area contributed by atoms with Gasteiger partial charge in [0.2, 0.25) is 5.91 Å². The molecule has 0 atom stereocenters. The minimum absolute atomic E-state index is 0.0282. The number of benzene rings is 1. The molecule has 8 heteroatoms. The van der Waals surface area contributed by atoms with Crippen molar-refractivity contribution in [1.82, 2.24) is 24.6 Å². The Kier molecular flexibility index (Phi) is 5.88. The minimum atomic E-state index is -0.423. The number of aromatic nitrogens is 3. The Morgan fingerprint density at radius 1 is 1.10 bits per heavy atom. The predicted octanol–water partition coefficient (Wildman–Crippen LogP) is 3.18. The minimum Gasteiger partial charge on any atom is -0.349 e. The molecule has 1 aliphatic heterocycles. The van der Waals surface area contributed by atoms with Crippen molar-refractivity contribution in [3.8, 4) is 11.5 Å². The van der Waals surface area contributed by atoms with Gasteiger partial charge in [-0.25, -0.2) is 9.07 Å². The summed E-state index contributed by atoms with van der Waals surface area (Å²) < 4.78 is 17.6. The molecule has 1 N–H and O–H groups in total. The second kappa shape index (κ2) is 8.75. The number of amides is 2. The van der Waals surface area contributed by atoms with Crippen LogP contribution in [0.3, 0.4) is 0 Å². The summed E-state index contributed by atoms with van der Waals surface area (Å²) in [5.74, 6) is -0.0987. The Balaban J connectivity index is 1.56. The zero-order valence-corrected chi connectivity index (χ0v) is 17.7. The number of carbonyl (C=O) groups is 2. The standard InChI is InChI=1S/C23H26FN5O2/c1-16(2)23(31)28-13-9-17(10-14-28)26-21(30)18-15-25-29(20-8-4-3-7-19(20)24)22(18)27-11-5-6-12-27/h3-8,11-12,15-17H,9-10,13-14H2,1-2H3,(H,26,30). The van der Waals surface area contributed by atoms with Gasteiger partial charge in [0.1, 0.15) is 17.1 Å². The van der Waals surface area contributed by atoms with Crippen molar-refractivity contribution in [2.75, 3.05) is 13.1 Å². The Bertz CT molecular complexity index is 1070. The molecule has 0 radical (unpaired) electrons. The lowest BCUT2D eigenvalue weighted by Crippen LogP contribution is -2.47. The number of nitrogens with zero attached hydrogens (tertiary/aromatic N) is 4. The van der Waals surface area contributed by atoms with E-state index in [1.165, 1.54) is 16.9 Å². The number of piperidine rings is 1. The van der Waals surface area contributed by atoms with Gasteiger partial charge in [-0.2, -0.15) is 5.10 Å². The van der Waals surface area contributed by atoms with Gasteiger partial charge in [0.05, 0.1) is 6.20 Å². The van der Waals surface area contributed by atoms with Crippen LogP contribution in [0.25, 0.3) is 11.5 Å². The average molecular weight is 423 g/mol. The molecule has 0 aliphatic carbocycles. The van der Waals surface area contributed by atoms with Crippen molar-refractivity contribution in [2.45, 2.75) is 32.7 Å². The molecule has 0 saturated carbocycles. The molecule has 4 rings (SSSR count). The van der Waals surface area contributed by atoms with Crippen LogP contribution in [0.2, 0.25) is 0 Å². The van der Waals surface area contributed by atoms with Crippen molar-refractivity contribution in [2.24, 2.45) is 5.92 Å². The number of hydrogen-bond donors (Lipinski definition) is 1. The van der Waals surface area contributed by atoms with E-state index in [2.05, 4.69) is 10.4 Å². The van der Waals surface area contributed by atoms with Crippen LogP contribution in [0.4, 0.5) is 4.39 Å². The molecule has 0 bridgehead atoms. The fraction of sp³-hybridized carbons (Fsp3) is 0.348. The van der Waals surface area contributed by atoms with E-state index in [0.29, 0.717) is 37.3 Å². The van der Waals surface area contributed by atoms with Crippen LogP contribution in [0, 0.1) is 11.7 Å². The molecule has 2 amide bonds. The van der Waals surface area contributed by atoms with Gasteiger partial charge < -0.3 is 14.8 Å². The molecule has 1 fully saturated rings. The maximum absolute atomic E-state index is 14.4. The average Bonchev–Trinajstić information content (AvgIpc) is 3.43. The highest BCUT2D eigenvalue weighted by Crippen LogP contribution is 2.22. The third-order valence-electron chi connectivity index (χ3n) is 5.55. The summed E-state index contributed by atoms with van der Waals surface area (Å²) in [4.78, 5) is 27.2. The van der Waals surface area contributed by atoms with Gasteiger partial charge in [0, 0.05) is 37.4 Å². The zero-order chi connectivity index (χ0) is 22.0. The summed E-state index contributed by atoms with van der Waals surface area (Å²) in [7, 11) is 0. The molecule has 1 aromatic carbocycles. The van der Waals surface area contributed by atoms with Crippen LogP contribution in [0.1, 0.15) is 37.0 Å². The van der Waals surface area contributed by atoms with Crippen molar-refractivity contribution < 1.29 is 14.0 Å². The topological polar surface area (TPSA) is 72.2 Å². The lowest BCUT2D eigenvalue weighted by Gasteiger charge is -2.33. The van der Waals surface area contributed by atoms with Crippen molar-refractivity contribution in [1.29, 1.82) is 0 Å². The second-order valence-corrected chi connectivity index (χ2v) is 8.06. The second-order valence-electron chi connectivity index (χ2n) is 8.06. The summed E-state index contributed by atoms with van der Waals surface area (Å²) in [6.07, 6.45) is 6.45. The first-order chi connectivity index (χ1) is 15.0. The van der Waals surface area contributed by atoms with Gasteiger partial charge in [0.25, 0.3) is 5.91 Å². The summed E-state index contributed by atoms with van der Waals surface area (Å²) in [5, 5.41) is 7.38. The quantitative estimate of drug-likeness (QED) is 0.685. The maximum Gasteiger partial charge on any atom is 0.256 e. The van der Waals surface area contributed by atoms with Crippen LogP contribution in [-0.4, -0.2) is 50.2 Å². The van der Waals surface area contributed by atoms with E-state index in [1.54, 1.807) is 35.2 Å². The molecule has 0 spiro atoms. The lowest BCUT2D eigenvalue weighted by molar-refractivity contribution is -0.135. The highest BCUT2D eigenvalue weighted by atomic mass is 19.1. The van der Waals surface area contributed by atoms with Crippen LogP contribution < -0.4 is 5.32 Å². The number of nitrogens with one attached hydrogen (secondary N) is 1.